The van der Waals surface area contributed by atoms with Gasteiger partial charge in [0.25, 0.3) is 0 Å². The number of ether oxygens (including phenoxy) is 1. The fourth-order valence-corrected chi connectivity index (χ4v) is 4.33. The molecule has 1 rings (SSSR count). The average Bonchev–Trinajstić information content (AvgIpc) is 2.96. The lowest BCUT2D eigenvalue weighted by molar-refractivity contribution is -0.145. The normalized spacial score (nSPS) is 10.7. The van der Waals surface area contributed by atoms with E-state index in [0.29, 0.717) is 64.1 Å². The Morgan fingerprint density at radius 3 is 1.60 bits per heavy atom. The Hall–Kier alpha value is -2.74. The summed E-state index contributed by atoms with van der Waals surface area (Å²) in [6.45, 7) is 2.31. The smallest absolute Gasteiger partial charge is 0.306 e. The van der Waals surface area contributed by atoms with Crippen LogP contribution in [0.25, 0.3) is 0 Å². The lowest BCUT2D eigenvalue weighted by Gasteiger charge is -2.07. The number of benzene rings is 1. The van der Waals surface area contributed by atoms with Gasteiger partial charge in [-0.1, -0.05) is 62.4 Å². The molecule has 0 saturated heterocycles. The van der Waals surface area contributed by atoms with E-state index < -0.39 is 0 Å². The minimum absolute atomic E-state index is 0.0705. The molecule has 226 valence electrons. The maximum atomic E-state index is 12.1. The van der Waals surface area contributed by atoms with Crippen molar-refractivity contribution in [3.8, 4) is 0 Å². The number of rotatable bonds is 26. The van der Waals surface area contributed by atoms with Crippen molar-refractivity contribution in [2.24, 2.45) is 5.73 Å². The van der Waals surface area contributed by atoms with Crippen LogP contribution in [0.1, 0.15) is 121 Å². The van der Waals surface area contributed by atoms with Crippen molar-refractivity contribution in [1.82, 2.24) is 10.6 Å². The summed E-state index contributed by atoms with van der Waals surface area (Å²) in [5.41, 5.74) is 6.43. The van der Waals surface area contributed by atoms with Crippen molar-refractivity contribution in [3.05, 3.63) is 35.9 Å². The van der Waals surface area contributed by atoms with Gasteiger partial charge >= 0.3 is 5.97 Å². The average molecular weight is 560 g/mol. The second-order valence-corrected chi connectivity index (χ2v) is 10.5. The van der Waals surface area contributed by atoms with E-state index in [1.54, 1.807) is 0 Å². The van der Waals surface area contributed by atoms with Crippen LogP contribution in [0.5, 0.6) is 0 Å². The Morgan fingerprint density at radius 2 is 1.05 bits per heavy atom. The van der Waals surface area contributed by atoms with E-state index in [1.165, 1.54) is 0 Å². The Kier molecular flexibility index (Phi) is 22.3. The summed E-state index contributed by atoms with van der Waals surface area (Å²) in [5, 5.41) is 5.89. The molecule has 2 amide bonds. The molecule has 1 aromatic rings. The van der Waals surface area contributed by atoms with Crippen LogP contribution in [0.3, 0.4) is 0 Å². The third-order valence-electron chi connectivity index (χ3n) is 6.79. The first-order valence-corrected chi connectivity index (χ1v) is 15.5. The molecule has 0 saturated carbocycles. The second-order valence-electron chi connectivity index (χ2n) is 10.5. The number of hydrogen-bond acceptors (Lipinski definition) is 6. The standard InChI is InChI=1S/C32H53N3O5/c33-24-14-4-12-22-31(38)34-25-15-5-10-20-29(36)19-9-1-2-11-21-30(37)35-26-16-6-13-23-32(39)40-27-28-17-7-3-8-18-28/h3,7-8,17-18H,1-2,4-6,9-16,19-27,33H2,(H,34,38)(H,35,37). The zero-order valence-electron chi connectivity index (χ0n) is 24.6. The van der Waals surface area contributed by atoms with Gasteiger partial charge in [-0.05, 0) is 63.5 Å². The quantitative estimate of drug-likeness (QED) is 0.101. The molecule has 1 aromatic carbocycles. The first-order valence-electron chi connectivity index (χ1n) is 15.5. The van der Waals surface area contributed by atoms with Gasteiger partial charge in [-0.25, -0.2) is 0 Å². The van der Waals surface area contributed by atoms with Crippen molar-refractivity contribution < 1.29 is 23.9 Å². The molecular formula is C32H53N3O5. The predicted octanol–water partition coefficient (Wildman–Crippen LogP) is 5.51. The van der Waals surface area contributed by atoms with Crippen molar-refractivity contribution in [3.63, 3.8) is 0 Å². The summed E-state index contributed by atoms with van der Waals surface area (Å²) in [6.07, 6.45) is 14.5. The number of Topliss-reactive ketones (excluding diaryl/α,β-unsaturated/α-hetero) is 1. The van der Waals surface area contributed by atoms with Crippen molar-refractivity contribution >= 4 is 23.6 Å². The van der Waals surface area contributed by atoms with E-state index in [-0.39, 0.29) is 17.8 Å². The molecular weight excluding hydrogens is 506 g/mol. The number of unbranched alkanes of at least 4 members (excludes halogenated alkanes) is 9. The fourth-order valence-electron chi connectivity index (χ4n) is 4.33. The number of esters is 1. The number of amides is 2. The molecule has 40 heavy (non-hydrogen) atoms. The molecule has 0 aliphatic carbocycles. The molecule has 8 nitrogen and oxygen atoms in total. The third kappa shape index (κ3) is 22.1. The monoisotopic (exact) mass is 559 g/mol. The van der Waals surface area contributed by atoms with Crippen LogP contribution >= 0.6 is 0 Å². The summed E-state index contributed by atoms with van der Waals surface area (Å²) in [7, 11) is 0. The van der Waals surface area contributed by atoms with Crippen molar-refractivity contribution in [2.45, 2.75) is 122 Å². The maximum absolute atomic E-state index is 12.1. The lowest BCUT2D eigenvalue weighted by Crippen LogP contribution is -2.24. The zero-order chi connectivity index (χ0) is 29.1. The number of hydrogen-bond donors (Lipinski definition) is 3. The number of carbonyl (C=O) groups is 4. The summed E-state index contributed by atoms with van der Waals surface area (Å²) in [6, 6.07) is 9.64. The molecule has 0 radical (unpaired) electrons. The highest BCUT2D eigenvalue weighted by atomic mass is 16.5. The molecule has 0 spiro atoms. The van der Waals surface area contributed by atoms with Crippen LogP contribution in [0.2, 0.25) is 0 Å². The first-order chi connectivity index (χ1) is 19.5. The van der Waals surface area contributed by atoms with Crippen molar-refractivity contribution in [2.75, 3.05) is 19.6 Å². The maximum Gasteiger partial charge on any atom is 0.306 e. The Labute approximate surface area is 241 Å². The molecule has 8 heteroatoms. The van der Waals surface area contributed by atoms with E-state index >= 15 is 0 Å². The van der Waals surface area contributed by atoms with E-state index in [0.717, 1.165) is 89.0 Å². The predicted molar refractivity (Wildman–Crippen MR) is 159 cm³/mol. The van der Waals surface area contributed by atoms with Crippen LogP contribution < -0.4 is 16.4 Å². The molecule has 0 fully saturated rings. The van der Waals surface area contributed by atoms with Crippen LogP contribution in [-0.2, 0) is 30.5 Å². The lowest BCUT2D eigenvalue weighted by atomic mass is 10.0. The van der Waals surface area contributed by atoms with Crippen LogP contribution in [0.4, 0.5) is 0 Å². The molecule has 0 atom stereocenters. The molecule has 0 unspecified atom stereocenters. The van der Waals surface area contributed by atoms with Gasteiger partial charge < -0.3 is 21.1 Å². The molecule has 0 aromatic heterocycles. The number of ketones is 1. The van der Waals surface area contributed by atoms with Gasteiger partial charge in [-0.15, -0.1) is 0 Å². The van der Waals surface area contributed by atoms with Crippen LogP contribution in [0, 0.1) is 0 Å². The van der Waals surface area contributed by atoms with Crippen LogP contribution in [-0.4, -0.2) is 43.2 Å². The summed E-state index contributed by atoms with van der Waals surface area (Å²) in [5.74, 6) is 0.306. The summed E-state index contributed by atoms with van der Waals surface area (Å²) >= 11 is 0. The highest BCUT2D eigenvalue weighted by Gasteiger charge is 2.06. The topological polar surface area (TPSA) is 128 Å². The van der Waals surface area contributed by atoms with Gasteiger partial charge in [0, 0.05) is 45.2 Å². The summed E-state index contributed by atoms with van der Waals surface area (Å²) < 4.78 is 5.27. The number of nitrogens with one attached hydrogen (secondary N) is 2. The minimum Gasteiger partial charge on any atom is -0.461 e. The van der Waals surface area contributed by atoms with E-state index in [4.69, 9.17) is 10.5 Å². The molecule has 0 aliphatic heterocycles. The molecule has 0 bridgehead atoms. The third-order valence-corrected chi connectivity index (χ3v) is 6.79. The molecule has 4 N–H and O–H groups in total. The van der Waals surface area contributed by atoms with Gasteiger partial charge in [0.05, 0.1) is 0 Å². The van der Waals surface area contributed by atoms with Gasteiger partial charge in [-0.2, -0.15) is 0 Å². The van der Waals surface area contributed by atoms with Crippen LogP contribution in [0.15, 0.2) is 30.3 Å². The zero-order valence-corrected chi connectivity index (χ0v) is 24.6. The van der Waals surface area contributed by atoms with Crippen molar-refractivity contribution in [1.29, 1.82) is 0 Å². The van der Waals surface area contributed by atoms with E-state index in [9.17, 15) is 19.2 Å². The highest BCUT2D eigenvalue weighted by Crippen LogP contribution is 2.10. The Morgan fingerprint density at radius 1 is 0.575 bits per heavy atom. The second kappa shape index (κ2) is 25.2. The van der Waals surface area contributed by atoms with Gasteiger partial charge in [-0.3, -0.25) is 19.2 Å². The van der Waals surface area contributed by atoms with E-state index in [2.05, 4.69) is 10.6 Å². The Bertz CT molecular complexity index is 816. The number of nitrogens with two attached hydrogens (primary N) is 1. The van der Waals surface area contributed by atoms with E-state index in [1.807, 2.05) is 30.3 Å². The SMILES string of the molecule is NCCCCCC(=O)NCCCCCC(=O)CCCCCCC(=O)NCCCCCC(=O)OCc1ccccc1. The van der Waals surface area contributed by atoms with Gasteiger partial charge in [0.15, 0.2) is 0 Å². The minimum atomic E-state index is -0.183. The molecule has 0 aliphatic rings. The Balaban J connectivity index is 1.83. The highest BCUT2D eigenvalue weighted by molar-refractivity contribution is 5.78. The largest absolute Gasteiger partial charge is 0.461 e. The first kappa shape index (κ1) is 35.3. The van der Waals surface area contributed by atoms with Gasteiger partial charge in [0.1, 0.15) is 12.4 Å². The fraction of sp³-hybridized carbons (Fsp3) is 0.688. The molecule has 0 heterocycles. The van der Waals surface area contributed by atoms with Gasteiger partial charge in [0.2, 0.25) is 11.8 Å². The number of carbonyl (C=O) groups excluding carboxylic acids is 4. The summed E-state index contributed by atoms with van der Waals surface area (Å²) in [4.78, 5) is 47.5.